The van der Waals surface area contributed by atoms with Gasteiger partial charge in [0.15, 0.2) is 0 Å². The number of hydrogen-bond donors (Lipinski definition) is 1. The summed E-state index contributed by atoms with van der Waals surface area (Å²) in [6, 6.07) is 8.43. The van der Waals surface area contributed by atoms with Gasteiger partial charge in [0.25, 0.3) is 0 Å². The van der Waals surface area contributed by atoms with Gasteiger partial charge in [0.05, 0.1) is 5.92 Å². The van der Waals surface area contributed by atoms with E-state index in [0.717, 1.165) is 32.6 Å². The van der Waals surface area contributed by atoms with E-state index in [0.29, 0.717) is 5.91 Å². The highest BCUT2D eigenvalue weighted by Gasteiger charge is 2.30. The molecular weight excluding hydrogens is 200 g/mol. The van der Waals surface area contributed by atoms with Crippen molar-refractivity contribution in [2.45, 2.75) is 13.0 Å². The summed E-state index contributed by atoms with van der Waals surface area (Å²) in [5, 5.41) is 3.15. The van der Waals surface area contributed by atoms with Crippen LogP contribution >= 0.6 is 0 Å². The standard InChI is InChI=1S/C13H16N2O/c16-13(12-7-14-8-12)15-6-5-10-3-1-2-4-11(10)9-15/h1-4,12,14H,5-9H2. The average molecular weight is 216 g/mol. The summed E-state index contributed by atoms with van der Waals surface area (Å²) >= 11 is 0. The van der Waals surface area contributed by atoms with Gasteiger partial charge in [-0.15, -0.1) is 0 Å². The molecule has 0 radical (unpaired) electrons. The van der Waals surface area contributed by atoms with Gasteiger partial charge in [0, 0.05) is 26.2 Å². The summed E-state index contributed by atoms with van der Waals surface area (Å²) in [6.45, 7) is 3.39. The van der Waals surface area contributed by atoms with E-state index in [1.807, 2.05) is 4.90 Å². The molecule has 2 aliphatic heterocycles. The third-order valence-corrected chi connectivity index (χ3v) is 3.57. The highest BCUT2D eigenvalue weighted by Crippen LogP contribution is 2.20. The van der Waals surface area contributed by atoms with Crippen molar-refractivity contribution in [3.05, 3.63) is 35.4 Å². The van der Waals surface area contributed by atoms with Crippen molar-refractivity contribution < 1.29 is 4.79 Å². The van der Waals surface area contributed by atoms with Gasteiger partial charge < -0.3 is 10.2 Å². The highest BCUT2D eigenvalue weighted by molar-refractivity contribution is 5.80. The molecule has 3 rings (SSSR count). The molecule has 84 valence electrons. The maximum absolute atomic E-state index is 12.1. The topological polar surface area (TPSA) is 32.3 Å². The van der Waals surface area contributed by atoms with Crippen LogP contribution in [-0.4, -0.2) is 30.4 Å². The maximum atomic E-state index is 12.1. The van der Waals surface area contributed by atoms with Gasteiger partial charge >= 0.3 is 0 Å². The Balaban J connectivity index is 1.74. The number of amides is 1. The van der Waals surface area contributed by atoms with Gasteiger partial charge in [-0.05, 0) is 17.5 Å². The number of nitrogens with one attached hydrogen (secondary N) is 1. The van der Waals surface area contributed by atoms with Gasteiger partial charge in [-0.3, -0.25) is 4.79 Å². The molecule has 0 atom stereocenters. The third kappa shape index (κ3) is 1.61. The van der Waals surface area contributed by atoms with Crippen LogP contribution in [0.2, 0.25) is 0 Å². The SMILES string of the molecule is O=C(C1CNC1)N1CCc2ccccc2C1. The Hall–Kier alpha value is -1.35. The molecule has 0 aromatic heterocycles. The first-order valence-corrected chi connectivity index (χ1v) is 5.91. The smallest absolute Gasteiger partial charge is 0.228 e. The van der Waals surface area contributed by atoms with Gasteiger partial charge in [-0.1, -0.05) is 24.3 Å². The number of fused-ring (bicyclic) bond motifs is 1. The number of benzene rings is 1. The quantitative estimate of drug-likeness (QED) is 0.752. The van der Waals surface area contributed by atoms with E-state index in [-0.39, 0.29) is 5.92 Å². The van der Waals surface area contributed by atoms with Gasteiger partial charge in [-0.25, -0.2) is 0 Å². The lowest BCUT2D eigenvalue weighted by atomic mass is 9.96. The number of carbonyl (C=O) groups is 1. The van der Waals surface area contributed by atoms with Crippen molar-refractivity contribution in [1.29, 1.82) is 0 Å². The largest absolute Gasteiger partial charge is 0.338 e. The molecule has 0 spiro atoms. The van der Waals surface area contributed by atoms with Crippen molar-refractivity contribution >= 4 is 5.91 Å². The lowest BCUT2D eigenvalue weighted by Gasteiger charge is -2.35. The van der Waals surface area contributed by atoms with Crippen LogP contribution in [0, 0.1) is 5.92 Å². The van der Waals surface area contributed by atoms with E-state index in [1.165, 1.54) is 11.1 Å². The molecule has 1 saturated heterocycles. The first kappa shape index (κ1) is 9.85. The fourth-order valence-corrected chi connectivity index (χ4v) is 2.41. The molecule has 16 heavy (non-hydrogen) atoms. The molecule has 3 heteroatoms. The van der Waals surface area contributed by atoms with E-state index < -0.39 is 0 Å². The number of hydrogen-bond acceptors (Lipinski definition) is 2. The van der Waals surface area contributed by atoms with Crippen molar-refractivity contribution in [2.75, 3.05) is 19.6 Å². The third-order valence-electron chi connectivity index (χ3n) is 3.57. The van der Waals surface area contributed by atoms with Crippen LogP contribution < -0.4 is 5.32 Å². The normalized spacial score (nSPS) is 20.1. The molecule has 0 aliphatic carbocycles. The molecule has 3 nitrogen and oxygen atoms in total. The molecule has 0 unspecified atom stereocenters. The molecule has 1 N–H and O–H groups in total. The summed E-state index contributed by atoms with van der Waals surface area (Å²) in [5.41, 5.74) is 2.72. The van der Waals surface area contributed by atoms with E-state index in [9.17, 15) is 4.79 Å². The molecule has 1 fully saturated rings. The zero-order valence-corrected chi connectivity index (χ0v) is 9.28. The van der Waals surface area contributed by atoms with Crippen LogP contribution in [0.4, 0.5) is 0 Å². The van der Waals surface area contributed by atoms with Crippen LogP contribution in [0.15, 0.2) is 24.3 Å². The molecule has 1 aromatic carbocycles. The zero-order chi connectivity index (χ0) is 11.0. The highest BCUT2D eigenvalue weighted by atomic mass is 16.2. The summed E-state index contributed by atoms with van der Waals surface area (Å²) in [6.07, 6.45) is 1.00. The summed E-state index contributed by atoms with van der Waals surface area (Å²) in [7, 11) is 0. The van der Waals surface area contributed by atoms with E-state index >= 15 is 0 Å². The van der Waals surface area contributed by atoms with Crippen molar-refractivity contribution in [1.82, 2.24) is 10.2 Å². The Morgan fingerprint density at radius 3 is 2.69 bits per heavy atom. The fourth-order valence-electron chi connectivity index (χ4n) is 2.41. The lowest BCUT2D eigenvalue weighted by molar-refractivity contribution is -0.138. The number of carbonyl (C=O) groups excluding carboxylic acids is 1. The Labute approximate surface area is 95.4 Å². The average Bonchev–Trinajstić information content (AvgIpc) is 2.26. The minimum absolute atomic E-state index is 0.227. The summed E-state index contributed by atoms with van der Waals surface area (Å²) in [5.74, 6) is 0.554. The Morgan fingerprint density at radius 1 is 1.25 bits per heavy atom. The van der Waals surface area contributed by atoms with Crippen molar-refractivity contribution in [2.24, 2.45) is 5.92 Å². The number of rotatable bonds is 1. The molecule has 1 aromatic rings. The number of nitrogens with zero attached hydrogens (tertiary/aromatic N) is 1. The monoisotopic (exact) mass is 216 g/mol. The summed E-state index contributed by atoms with van der Waals surface area (Å²) < 4.78 is 0. The lowest BCUT2D eigenvalue weighted by Crippen LogP contribution is -2.52. The van der Waals surface area contributed by atoms with E-state index in [2.05, 4.69) is 29.6 Å². The van der Waals surface area contributed by atoms with Crippen LogP contribution in [0.5, 0.6) is 0 Å². The molecular formula is C13H16N2O. The molecule has 0 saturated carbocycles. The molecule has 0 bridgehead atoms. The summed E-state index contributed by atoms with van der Waals surface area (Å²) in [4.78, 5) is 14.1. The maximum Gasteiger partial charge on any atom is 0.228 e. The Bertz CT molecular complexity index is 412. The predicted molar refractivity (Wildman–Crippen MR) is 61.9 cm³/mol. The predicted octanol–water partition coefficient (Wildman–Crippen LogP) is 0.791. The van der Waals surface area contributed by atoms with Crippen LogP contribution in [0.1, 0.15) is 11.1 Å². The van der Waals surface area contributed by atoms with Crippen LogP contribution in [0.25, 0.3) is 0 Å². The second-order valence-corrected chi connectivity index (χ2v) is 4.63. The van der Waals surface area contributed by atoms with Gasteiger partial charge in [-0.2, -0.15) is 0 Å². The Morgan fingerprint density at radius 2 is 2.00 bits per heavy atom. The van der Waals surface area contributed by atoms with Crippen LogP contribution in [-0.2, 0) is 17.8 Å². The molecule has 2 heterocycles. The van der Waals surface area contributed by atoms with Crippen molar-refractivity contribution in [3.63, 3.8) is 0 Å². The minimum atomic E-state index is 0.227. The van der Waals surface area contributed by atoms with Crippen LogP contribution in [0.3, 0.4) is 0 Å². The zero-order valence-electron chi connectivity index (χ0n) is 9.28. The molecule has 2 aliphatic rings. The minimum Gasteiger partial charge on any atom is -0.338 e. The van der Waals surface area contributed by atoms with E-state index in [1.54, 1.807) is 0 Å². The molecule has 1 amide bonds. The first-order chi connectivity index (χ1) is 7.84. The first-order valence-electron chi connectivity index (χ1n) is 5.91. The van der Waals surface area contributed by atoms with Gasteiger partial charge in [0.1, 0.15) is 0 Å². The second kappa shape index (κ2) is 3.91. The Kier molecular flexibility index (Phi) is 2.40. The van der Waals surface area contributed by atoms with Gasteiger partial charge in [0.2, 0.25) is 5.91 Å². The van der Waals surface area contributed by atoms with E-state index in [4.69, 9.17) is 0 Å². The second-order valence-electron chi connectivity index (χ2n) is 4.63. The fraction of sp³-hybridized carbons (Fsp3) is 0.462. The van der Waals surface area contributed by atoms with Crippen molar-refractivity contribution in [3.8, 4) is 0 Å².